The molecular weight excluding hydrogens is 502 g/mol. The molecule has 2 aromatic heterocycles. The molecule has 0 spiro atoms. The van der Waals surface area contributed by atoms with Crippen LogP contribution >= 0.6 is 23.1 Å². The molecule has 0 aliphatic carbocycles. The Morgan fingerprint density at radius 1 is 1.19 bits per heavy atom. The molecule has 0 bridgehead atoms. The Morgan fingerprint density at radius 2 is 1.92 bits per heavy atom. The highest BCUT2D eigenvalue weighted by Crippen LogP contribution is 2.38. The van der Waals surface area contributed by atoms with Crippen LogP contribution in [-0.2, 0) is 4.79 Å². The van der Waals surface area contributed by atoms with Crippen LogP contribution in [0.25, 0.3) is 0 Å². The van der Waals surface area contributed by atoms with Crippen molar-refractivity contribution in [3.8, 4) is 5.75 Å². The number of ether oxygens (including phenoxy) is 1. The number of thiazole rings is 1. The van der Waals surface area contributed by atoms with Crippen molar-refractivity contribution >= 4 is 46.0 Å². The summed E-state index contributed by atoms with van der Waals surface area (Å²) in [6.45, 7) is 7.23. The smallest absolute Gasteiger partial charge is 0.279 e. The lowest BCUT2D eigenvalue weighted by Gasteiger charge is -2.34. The molecule has 0 radical (unpaired) electrons. The monoisotopic (exact) mass is 529 g/mol. The van der Waals surface area contributed by atoms with E-state index in [-0.39, 0.29) is 24.9 Å². The number of hydrogen-bond donors (Lipinski definition) is 1. The zero-order chi connectivity index (χ0) is 24.9. The number of aromatic nitrogens is 2. The maximum atomic E-state index is 13.3. The third-order valence-corrected chi connectivity index (χ3v) is 7.53. The third kappa shape index (κ3) is 5.94. The summed E-state index contributed by atoms with van der Waals surface area (Å²) in [4.78, 5) is 49.6. The van der Waals surface area contributed by atoms with Crippen molar-refractivity contribution in [2.45, 2.75) is 23.5 Å². The first-order chi connectivity index (χ1) is 16.9. The number of aryl methyl sites for hydroxylation is 1. The summed E-state index contributed by atoms with van der Waals surface area (Å²) >= 11 is 2.75. The van der Waals surface area contributed by atoms with E-state index in [1.165, 1.54) is 48.9 Å². The molecule has 0 atom stereocenters. The van der Waals surface area contributed by atoms with Crippen LogP contribution in [0.4, 0.5) is 5.13 Å². The van der Waals surface area contributed by atoms with E-state index in [0.29, 0.717) is 42.6 Å². The fourth-order valence-electron chi connectivity index (χ4n) is 3.50. The van der Waals surface area contributed by atoms with Gasteiger partial charge in [-0.05, 0) is 30.7 Å². The fraction of sp³-hybridized carbons (Fsp3) is 0.292. The highest BCUT2D eigenvalue weighted by Gasteiger charge is 2.26. The van der Waals surface area contributed by atoms with E-state index in [2.05, 4.69) is 21.9 Å². The van der Waals surface area contributed by atoms with Gasteiger partial charge in [-0.3, -0.25) is 19.7 Å². The Balaban J connectivity index is 0.00000361. The SMILES string of the molecule is C.C=CC(=O)N1CCN(C(=O)c2cc(Sc3cnc(NC(=O)c4cocn4)s3)c(C)cc2OC)CC1. The van der Waals surface area contributed by atoms with Gasteiger partial charge in [0.25, 0.3) is 11.8 Å². The molecule has 0 unspecified atom stereocenters. The first-order valence-electron chi connectivity index (χ1n) is 10.6. The summed E-state index contributed by atoms with van der Waals surface area (Å²) in [5.74, 6) is -0.205. The van der Waals surface area contributed by atoms with Crippen molar-refractivity contribution in [1.29, 1.82) is 0 Å². The second-order valence-corrected chi connectivity index (χ2v) is 9.93. The quantitative estimate of drug-likeness (QED) is 0.457. The number of carbonyl (C=O) groups is 3. The third-order valence-electron chi connectivity index (χ3n) is 5.36. The second-order valence-electron chi connectivity index (χ2n) is 7.55. The van der Waals surface area contributed by atoms with E-state index >= 15 is 0 Å². The van der Waals surface area contributed by atoms with Crippen LogP contribution in [0.3, 0.4) is 0 Å². The van der Waals surface area contributed by atoms with Gasteiger partial charge in [-0.2, -0.15) is 0 Å². The molecule has 1 fully saturated rings. The molecule has 1 N–H and O–H groups in total. The van der Waals surface area contributed by atoms with Crippen LogP contribution in [0.2, 0.25) is 0 Å². The van der Waals surface area contributed by atoms with Crippen LogP contribution in [0.1, 0.15) is 33.8 Å². The average molecular weight is 530 g/mol. The summed E-state index contributed by atoms with van der Waals surface area (Å²) in [6.07, 6.45) is 5.39. The van der Waals surface area contributed by atoms with Gasteiger partial charge in [-0.25, -0.2) is 9.97 Å². The first kappa shape index (κ1) is 27.0. The van der Waals surface area contributed by atoms with Gasteiger partial charge in [0, 0.05) is 31.1 Å². The minimum Gasteiger partial charge on any atom is -0.496 e. The van der Waals surface area contributed by atoms with Gasteiger partial charge in [-0.15, -0.1) is 0 Å². The summed E-state index contributed by atoms with van der Waals surface area (Å²) in [5, 5.41) is 3.12. The minimum atomic E-state index is -0.409. The summed E-state index contributed by atoms with van der Waals surface area (Å²) < 4.78 is 11.2. The van der Waals surface area contributed by atoms with E-state index in [0.717, 1.165) is 14.7 Å². The Labute approximate surface area is 217 Å². The fourth-order valence-corrected chi connectivity index (χ4v) is 5.43. The molecule has 36 heavy (non-hydrogen) atoms. The molecule has 1 saturated heterocycles. The van der Waals surface area contributed by atoms with Crippen LogP contribution in [-0.4, -0.2) is 70.8 Å². The normalized spacial score (nSPS) is 13.1. The van der Waals surface area contributed by atoms with Crippen molar-refractivity contribution in [3.63, 3.8) is 0 Å². The maximum absolute atomic E-state index is 13.3. The predicted octanol–water partition coefficient (Wildman–Crippen LogP) is 3.96. The average Bonchev–Trinajstić information content (AvgIpc) is 3.57. The Morgan fingerprint density at radius 3 is 2.56 bits per heavy atom. The van der Waals surface area contributed by atoms with Gasteiger partial charge >= 0.3 is 0 Å². The Hall–Kier alpha value is -3.64. The molecule has 190 valence electrons. The van der Waals surface area contributed by atoms with Gasteiger partial charge < -0.3 is 19.0 Å². The maximum Gasteiger partial charge on any atom is 0.279 e. The number of nitrogens with one attached hydrogen (secondary N) is 1. The van der Waals surface area contributed by atoms with E-state index in [4.69, 9.17) is 9.15 Å². The van der Waals surface area contributed by atoms with Crippen molar-refractivity contribution in [1.82, 2.24) is 19.8 Å². The number of nitrogens with zero attached hydrogens (tertiary/aromatic N) is 4. The molecule has 1 aliphatic rings. The van der Waals surface area contributed by atoms with E-state index in [9.17, 15) is 14.4 Å². The lowest BCUT2D eigenvalue weighted by Crippen LogP contribution is -2.50. The molecule has 12 heteroatoms. The minimum absolute atomic E-state index is 0. The lowest BCUT2D eigenvalue weighted by atomic mass is 10.1. The zero-order valence-corrected chi connectivity index (χ0v) is 20.8. The Kier molecular flexibility index (Phi) is 8.88. The molecule has 10 nitrogen and oxygen atoms in total. The largest absolute Gasteiger partial charge is 0.496 e. The highest BCUT2D eigenvalue weighted by atomic mass is 32.2. The number of amides is 3. The standard InChI is InChI=1S/C23H23N5O5S2.CH4/c1-4-19(29)27-5-7-28(8-6-27)22(31)15-10-18(14(2)9-17(15)32-3)34-20-11-24-23(35-20)26-21(30)16-12-33-13-25-16;/h4,9-13H,1,5-8H2,2-3H3,(H,24,26,30);1H4. The number of methoxy groups -OCH3 is 1. The number of rotatable bonds is 7. The lowest BCUT2D eigenvalue weighted by molar-refractivity contribution is -0.127. The van der Waals surface area contributed by atoms with Crippen molar-refractivity contribution < 1.29 is 23.5 Å². The van der Waals surface area contributed by atoms with E-state index < -0.39 is 5.91 Å². The van der Waals surface area contributed by atoms with Crippen LogP contribution in [0, 0.1) is 6.92 Å². The van der Waals surface area contributed by atoms with Crippen molar-refractivity contribution in [3.05, 3.63) is 60.5 Å². The highest BCUT2D eigenvalue weighted by molar-refractivity contribution is 8.01. The van der Waals surface area contributed by atoms with E-state index in [1.54, 1.807) is 16.0 Å². The molecule has 1 aliphatic heterocycles. The van der Waals surface area contributed by atoms with Crippen molar-refractivity contribution in [2.24, 2.45) is 0 Å². The van der Waals surface area contributed by atoms with Crippen LogP contribution < -0.4 is 10.1 Å². The number of carbonyl (C=O) groups excluding carboxylic acids is 3. The van der Waals surface area contributed by atoms with Gasteiger partial charge in [0.1, 0.15) is 12.0 Å². The summed E-state index contributed by atoms with van der Waals surface area (Å²) in [6, 6.07) is 3.65. The first-order valence-corrected chi connectivity index (χ1v) is 12.3. The zero-order valence-electron chi connectivity index (χ0n) is 19.1. The van der Waals surface area contributed by atoms with E-state index in [1.807, 2.05) is 19.1 Å². The number of benzene rings is 1. The number of piperazine rings is 1. The molecule has 3 amide bonds. The van der Waals surface area contributed by atoms with Gasteiger partial charge in [0.15, 0.2) is 17.2 Å². The van der Waals surface area contributed by atoms with Gasteiger partial charge in [0.2, 0.25) is 5.91 Å². The molecular formula is C24H27N5O5S2. The predicted molar refractivity (Wildman–Crippen MR) is 138 cm³/mol. The summed E-state index contributed by atoms with van der Waals surface area (Å²) in [7, 11) is 1.53. The van der Waals surface area contributed by atoms with Gasteiger partial charge in [-0.1, -0.05) is 37.1 Å². The molecule has 3 heterocycles. The number of anilines is 1. The van der Waals surface area contributed by atoms with Crippen LogP contribution in [0.5, 0.6) is 5.75 Å². The summed E-state index contributed by atoms with van der Waals surface area (Å²) in [5.41, 5.74) is 1.55. The molecule has 0 saturated carbocycles. The second kappa shape index (κ2) is 11.9. The van der Waals surface area contributed by atoms with Gasteiger partial charge in [0.05, 0.1) is 23.1 Å². The Bertz CT molecular complexity index is 1250. The molecule has 1 aromatic carbocycles. The van der Waals surface area contributed by atoms with Crippen molar-refractivity contribution in [2.75, 3.05) is 38.6 Å². The molecule has 3 aromatic rings. The van der Waals surface area contributed by atoms with Crippen LogP contribution in [0.15, 0.2) is 57.2 Å². The molecule has 4 rings (SSSR count). The topological polar surface area (TPSA) is 118 Å². The number of hydrogen-bond acceptors (Lipinski definition) is 9. The number of oxazole rings is 1.